The maximum Gasteiger partial charge on any atom is 0.328 e. The van der Waals surface area contributed by atoms with Crippen molar-refractivity contribution in [2.75, 3.05) is 7.11 Å². The molecule has 3 nitrogen and oxygen atoms in total. The molecule has 0 saturated carbocycles. The number of allylic oxidation sites excluding steroid dienone is 3. The van der Waals surface area contributed by atoms with Gasteiger partial charge in [0.05, 0.1) is 7.11 Å². The summed E-state index contributed by atoms with van der Waals surface area (Å²) in [6, 6.07) is 6.08. The zero-order valence-corrected chi connectivity index (χ0v) is 11.8. The lowest BCUT2D eigenvalue weighted by molar-refractivity contribution is -0.131. The van der Waals surface area contributed by atoms with Crippen molar-refractivity contribution < 1.29 is 14.6 Å². The van der Waals surface area contributed by atoms with Crippen LogP contribution in [0.3, 0.4) is 0 Å². The van der Waals surface area contributed by atoms with Gasteiger partial charge in [-0.2, -0.15) is 0 Å². The van der Waals surface area contributed by atoms with Gasteiger partial charge in [0.1, 0.15) is 5.75 Å². The van der Waals surface area contributed by atoms with Crippen LogP contribution in [0.25, 0.3) is 5.57 Å². The molecule has 1 N–H and O–H groups in total. The fourth-order valence-electron chi connectivity index (χ4n) is 1.76. The second-order valence-corrected chi connectivity index (χ2v) is 4.66. The first-order valence-corrected chi connectivity index (χ1v) is 6.22. The fourth-order valence-corrected chi connectivity index (χ4v) is 1.76. The summed E-state index contributed by atoms with van der Waals surface area (Å²) in [5.41, 5.74) is 3.19. The van der Waals surface area contributed by atoms with Gasteiger partial charge < -0.3 is 9.84 Å². The van der Waals surface area contributed by atoms with E-state index in [1.54, 1.807) is 13.2 Å². The second-order valence-electron chi connectivity index (χ2n) is 4.66. The monoisotopic (exact) mass is 260 g/mol. The molecule has 0 aromatic heterocycles. The SMILES string of the molecule is COc1ccc(C(C)C)cc1/C(C)=C/C=C/C(=O)O. The van der Waals surface area contributed by atoms with Crippen LogP contribution in [0.4, 0.5) is 0 Å². The molecule has 3 heteroatoms. The van der Waals surface area contributed by atoms with Gasteiger partial charge in [-0.15, -0.1) is 0 Å². The van der Waals surface area contributed by atoms with Gasteiger partial charge in [-0.3, -0.25) is 0 Å². The van der Waals surface area contributed by atoms with Gasteiger partial charge in [-0.1, -0.05) is 32.1 Å². The molecule has 0 aliphatic carbocycles. The Morgan fingerprint density at radius 2 is 2.05 bits per heavy atom. The number of carboxylic acid groups (broad SMARTS) is 1. The van der Waals surface area contributed by atoms with Crippen molar-refractivity contribution in [1.82, 2.24) is 0 Å². The number of methoxy groups -OCH3 is 1. The average molecular weight is 260 g/mol. The van der Waals surface area contributed by atoms with E-state index in [9.17, 15) is 4.79 Å². The quantitative estimate of drug-likeness (QED) is 0.646. The lowest BCUT2D eigenvalue weighted by Gasteiger charge is -2.13. The van der Waals surface area contributed by atoms with Crippen LogP contribution in [0.15, 0.2) is 36.4 Å². The minimum atomic E-state index is -0.952. The largest absolute Gasteiger partial charge is 0.496 e. The average Bonchev–Trinajstić information content (AvgIpc) is 2.37. The summed E-state index contributed by atoms with van der Waals surface area (Å²) in [6.45, 7) is 6.21. The van der Waals surface area contributed by atoms with Crippen molar-refractivity contribution in [1.29, 1.82) is 0 Å². The van der Waals surface area contributed by atoms with Gasteiger partial charge in [0.2, 0.25) is 0 Å². The van der Waals surface area contributed by atoms with E-state index in [-0.39, 0.29) is 0 Å². The highest BCUT2D eigenvalue weighted by molar-refractivity contribution is 5.81. The molecule has 0 atom stereocenters. The van der Waals surface area contributed by atoms with Gasteiger partial charge in [-0.25, -0.2) is 4.79 Å². The molecule has 0 aliphatic rings. The predicted octanol–water partition coefficient (Wildman–Crippen LogP) is 3.86. The number of ether oxygens (including phenoxy) is 1. The Kier molecular flexibility index (Phi) is 5.37. The maximum absolute atomic E-state index is 10.4. The van der Waals surface area contributed by atoms with Crippen LogP contribution in [0.5, 0.6) is 5.75 Å². The molecule has 102 valence electrons. The van der Waals surface area contributed by atoms with Gasteiger partial charge in [0.15, 0.2) is 0 Å². The highest BCUT2D eigenvalue weighted by Crippen LogP contribution is 2.29. The van der Waals surface area contributed by atoms with E-state index in [2.05, 4.69) is 19.9 Å². The first-order valence-electron chi connectivity index (χ1n) is 6.22. The van der Waals surface area contributed by atoms with Crippen LogP contribution in [0, 0.1) is 0 Å². The Labute approximate surface area is 114 Å². The first kappa shape index (κ1) is 15.0. The Bertz CT molecular complexity index is 511. The molecule has 0 unspecified atom stereocenters. The molecule has 1 rings (SSSR count). The lowest BCUT2D eigenvalue weighted by Crippen LogP contribution is -1.94. The summed E-state index contributed by atoms with van der Waals surface area (Å²) in [5.74, 6) is 0.279. The molecule has 0 bridgehead atoms. The van der Waals surface area contributed by atoms with E-state index in [0.29, 0.717) is 5.92 Å². The predicted molar refractivity (Wildman–Crippen MR) is 77.5 cm³/mol. The summed E-state index contributed by atoms with van der Waals surface area (Å²) in [4.78, 5) is 10.4. The number of carboxylic acids is 1. The van der Waals surface area contributed by atoms with Crippen LogP contribution < -0.4 is 4.74 Å². The van der Waals surface area contributed by atoms with Gasteiger partial charge in [0, 0.05) is 11.6 Å². The van der Waals surface area contributed by atoms with E-state index >= 15 is 0 Å². The highest BCUT2D eigenvalue weighted by Gasteiger charge is 2.07. The van der Waals surface area contributed by atoms with Crippen molar-refractivity contribution in [3.05, 3.63) is 47.6 Å². The molecule has 0 radical (unpaired) electrons. The molecule has 0 heterocycles. The number of hydrogen-bond acceptors (Lipinski definition) is 2. The van der Waals surface area contributed by atoms with Crippen molar-refractivity contribution >= 4 is 11.5 Å². The highest BCUT2D eigenvalue weighted by atomic mass is 16.5. The Morgan fingerprint density at radius 1 is 1.37 bits per heavy atom. The molecule has 19 heavy (non-hydrogen) atoms. The van der Waals surface area contributed by atoms with E-state index < -0.39 is 5.97 Å². The zero-order chi connectivity index (χ0) is 14.4. The molecule has 1 aromatic rings. The summed E-state index contributed by atoms with van der Waals surface area (Å²) >= 11 is 0. The Hall–Kier alpha value is -2.03. The van der Waals surface area contributed by atoms with Crippen molar-refractivity contribution in [2.45, 2.75) is 26.7 Å². The van der Waals surface area contributed by atoms with Crippen LogP contribution >= 0.6 is 0 Å². The smallest absolute Gasteiger partial charge is 0.328 e. The number of rotatable bonds is 5. The molecule has 1 aromatic carbocycles. The third kappa shape index (κ3) is 4.28. The Morgan fingerprint density at radius 3 is 2.58 bits per heavy atom. The summed E-state index contributed by atoms with van der Waals surface area (Å²) in [5, 5.41) is 8.57. The third-order valence-corrected chi connectivity index (χ3v) is 2.90. The fraction of sp³-hybridized carbons (Fsp3) is 0.312. The molecule has 0 aliphatic heterocycles. The standard InChI is InChI=1S/C16H20O3/c1-11(2)13-8-9-15(19-4)14(10-13)12(3)6-5-7-16(17)18/h5-11H,1-4H3,(H,17,18)/b7-5+,12-6+. The van der Waals surface area contributed by atoms with Gasteiger partial charge >= 0.3 is 5.97 Å². The molecule has 0 spiro atoms. The first-order chi connectivity index (χ1) is 8.95. The Balaban J connectivity index is 3.15. The number of benzene rings is 1. The van der Waals surface area contributed by atoms with E-state index in [4.69, 9.17) is 9.84 Å². The number of aliphatic carboxylic acids is 1. The summed E-state index contributed by atoms with van der Waals surface area (Å²) in [6.07, 6.45) is 4.41. The van der Waals surface area contributed by atoms with Gasteiger partial charge in [-0.05, 0) is 36.1 Å². The van der Waals surface area contributed by atoms with Crippen molar-refractivity contribution in [3.63, 3.8) is 0 Å². The summed E-state index contributed by atoms with van der Waals surface area (Å²) < 4.78 is 5.35. The van der Waals surface area contributed by atoms with E-state index in [1.807, 2.05) is 19.1 Å². The topological polar surface area (TPSA) is 46.5 Å². The number of hydrogen-bond donors (Lipinski definition) is 1. The second kappa shape index (κ2) is 6.78. The molecule has 0 amide bonds. The molecular formula is C16H20O3. The van der Waals surface area contributed by atoms with E-state index in [0.717, 1.165) is 23.0 Å². The maximum atomic E-state index is 10.4. The summed E-state index contributed by atoms with van der Waals surface area (Å²) in [7, 11) is 1.63. The van der Waals surface area contributed by atoms with Crippen molar-refractivity contribution in [2.24, 2.45) is 0 Å². The van der Waals surface area contributed by atoms with Crippen LogP contribution in [-0.4, -0.2) is 18.2 Å². The minimum Gasteiger partial charge on any atom is -0.496 e. The van der Waals surface area contributed by atoms with Crippen molar-refractivity contribution in [3.8, 4) is 5.75 Å². The van der Waals surface area contributed by atoms with Crippen LogP contribution in [-0.2, 0) is 4.79 Å². The lowest BCUT2D eigenvalue weighted by atomic mass is 9.97. The number of carbonyl (C=O) groups is 1. The van der Waals surface area contributed by atoms with Crippen LogP contribution in [0.1, 0.15) is 37.8 Å². The normalized spacial score (nSPS) is 12.2. The molecule has 0 fully saturated rings. The van der Waals surface area contributed by atoms with E-state index in [1.165, 1.54) is 11.6 Å². The zero-order valence-electron chi connectivity index (χ0n) is 11.8. The molecular weight excluding hydrogens is 240 g/mol. The minimum absolute atomic E-state index is 0.437. The third-order valence-electron chi connectivity index (χ3n) is 2.90. The molecule has 0 saturated heterocycles. The van der Waals surface area contributed by atoms with Crippen LogP contribution in [0.2, 0.25) is 0 Å². The van der Waals surface area contributed by atoms with Gasteiger partial charge in [0.25, 0.3) is 0 Å².